The molecule has 158 valence electrons. The third kappa shape index (κ3) is 4.40. The minimum absolute atomic E-state index is 0.0658. The fourth-order valence-electron chi connectivity index (χ4n) is 3.86. The van der Waals surface area contributed by atoms with E-state index in [1.165, 1.54) is 21.9 Å². The molecule has 0 N–H and O–H groups in total. The van der Waals surface area contributed by atoms with E-state index in [9.17, 15) is 13.2 Å². The van der Waals surface area contributed by atoms with Gasteiger partial charge < -0.3 is 0 Å². The largest absolute Gasteiger partial charge is 0.283 e. The Morgan fingerprint density at radius 3 is 2.67 bits per heavy atom. The molecule has 1 saturated heterocycles. The molecule has 2 heterocycles. The summed E-state index contributed by atoms with van der Waals surface area (Å²) in [5.74, 6) is -0.436. The first-order chi connectivity index (χ1) is 14.3. The molecule has 2 aromatic carbocycles. The Morgan fingerprint density at radius 2 is 1.97 bits per heavy atom. The van der Waals surface area contributed by atoms with Gasteiger partial charge in [-0.05, 0) is 37.0 Å². The molecule has 1 aliphatic heterocycles. The quantitative estimate of drug-likeness (QED) is 0.601. The number of rotatable bonds is 5. The molecule has 1 aliphatic rings. The van der Waals surface area contributed by atoms with Crippen molar-refractivity contribution in [3.05, 3.63) is 59.7 Å². The van der Waals surface area contributed by atoms with E-state index >= 15 is 0 Å². The van der Waals surface area contributed by atoms with Crippen LogP contribution in [0.2, 0.25) is 0 Å². The fourth-order valence-corrected chi connectivity index (χ4v) is 5.82. The third-order valence-corrected chi connectivity index (χ3v) is 7.81. The Kier molecular flexibility index (Phi) is 5.90. The predicted octanol–water partition coefficient (Wildman–Crippen LogP) is 3.81. The lowest BCUT2D eigenvalue weighted by Crippen LogP contribution is -2.46. The number of carbonyl (C=O) groups excluding carboxylic acids is 1. The molecular weight excluding hydrogens is 418 g/mol. The summed E-state index contributed by atoms with van der Waals surface area (Å²) in [6.45, 7) is 3.13. The summed E-state index contributed by atoms with van der Waals surface area (Å²) in [6, 6.07) is 15.8. The number of aromatic nitrogens is 1. The summed E-state index contributed by atoms with van der Waals surface area (Å²) in [5, 5.41) is 0.657. The van der Waals surface area contributed by atoms with Gasteiger partial charge in [0.05, 0.1) is 28.9 Å². The summed E-state index contributed by atoms with van der Waals surface area (Å²) < 4.78 is 26.5. The number of thiazole rings is 1. The van der Waals surface area contributed by atoms with E-state index in [0.717, 1.165) is 21.3 Å². The molecule has 4 rings (SSSR count). The molecule has 8 heteroatoms. The lowest BCUT2D eigenvalue weighted by Gasteiger charge is -2.33. The van der Waals surface area contributed by atoms with E-state index in [0.29, 0.717) is 31.1 Å². The van der Waals surface area contributed by atoms with Crippen LogP contribution in [0, 0.1) is 12.8 Å². The lowest BCUT2D eigenvalue weighted by atomic mass is 9.98. The monoisotopic (exact) mass is 443 g/mol. The van der Waals surface area contributed by atoms with E-state index < -0.39 is 10.0 Å². The first-order valence-electron chi connectivity index (χ1n) is 9.99. The molecule has 0 bridgehead atoms. The minimum Gasteiger partial charge on any atom is -0.283 e. The van der Waals surface area contributed by atoms with Gasteiger partial charge >= 0.3 is 0 Å². The van der Waals surface area contributed by atoms with Gasteiger partial charge in [-0.3, -0.25) is 9.69 Å². The standard InChI is InChI=1S/C22H25N3O3S2/c1-16-8-6-12-19-20(16)23-22(29-19)25(14-17-9-4-3-5-10-17)21(26)18-11-7-13-24(15-18)30(2,27)28/h3-6,8-10,12,18H,7,11,13-15H2,1-2H3/t18-/m0/s1. The summed E-state index contributed by atoms with van der Waals surface area (Å²) >= 11 is 1.50. The number of nitrogens with zero attached hydrogens (tertiary/aromatic N) is 3. The first-order valence-corrected chi connectivity index (χ1v) is 12.7. The molecule has 0 radical (unpaired) electrons. The summed E-state index contributed by atoms with van der Waals surface area (Å²) in [6.07, 6.45) is 2.57. The van der Waals surface area contributed by atoms with Crippen LogP contribution in [-0.4, -0.2) is 43.0 Å². The average Bonchev–Trinajstić information content (AvgIpc) is 3.17. The zero-order valence-corrected chi connectivity index (χ0v) is 18.7. The normalized spacial score (nSPS) is 17.9. The minimum atomic E-state index is -3.32. The highest BCUT2D eigenvalue weighted by Gasteiger charge is 2.34. The number of benzene rings is 2. The molecule has 0 unspecified atom stereocenters. The highest BCUT2D eigenvalue weighted by atomic mass is 32.2. The van der Waals surface area contributed by atoms with Crippen molar-refractivity contribution in [3.8, 4) is 0 Å². The molecule has 3 aromatic rings. The summed E-state index contributed by atoms with van der Waals surface area (Å²) in [7, 11) is -3.32. The molecule has 0 saturated carbocycles. The molecular formula is C22H25N3O3S2. The van der Waals surface area contributed by atoms with Crippen molar-refractivity contribution >= 4 is 42.6 Å². The van der Waals surface area contributed by atoms with Gasteiger partial charge in [-0.1, -0.05) is 53.8 Å². The number of piperidine rings is 1. The highest BCUT2D eigenvalue weighted by molar-refractivity contribution is 7.88. The van der Waals surface area contributed by atoms with Crippen molar-refractivity contribution in [1.82, 2.24) is 9.29 Å². The highest BCUT2D eigenvalue weighted by Crippen LogP contribution is 2.33. The molecule has 1 aromatic heterocycles. The Balaban J connectivity index is 1.69. The molecule has 6 nitrogen and oxygen atoms in total. The van der Waals surface area contributed by atoms with Crippen molar-refractivity contribution in [3.63, 3.8) is 0 Å². The molecule has 0 spiro atoms. The number of fused-ring (bicyclic) bond motifs is 1. The van der Waals surface area contributed by atoms with Crippen LogP contribution in [0.25, 0.3) is 10.2 Å². The van der Waals surface area contributed by atoms with Gasteiger partial charge in [0.1, 0.15) is 0 Å². The predicted molar refractivity (Wildman–Crippen MR) is 121 cm³/mol. The maximum Gasteiger partial charge on any atom is 0.233 e. The van der Waals surface area contributed by atoms with Crippen molar-refractivity contribution in [2.45, 2.75) is 26.3 Å². The summed E-state index contributed by atoms with van der Waals surface area (Å²) in [5.41, 5.74) is 2.99. The Hall–Kier alpha value is -2.29. The van der Waals surface area contributed by atoms with Crippen LogP contribution in [0.1, 0.15) is 24.0 Å². The number of hydrogen-bond acceptors (Lipinski definition) is 5. The van der Waals surface area contributed by atoms with Crippen molar-refractivity contribution in [2.24, 2.45) is 5.92 Å². The van der Waals surface area contributed by atoms with E-state index in [4.69, 9.17) is 4.98 Å². The van der Waals surface area contributed by atoms with Crippen LogP contribution >= 0.6 is 11.3 Å². The van der Waals surface area contributed by atoms with Gasteiger partial charge in [0.2, 0.25) is 15.9 Å². The average molecular weight is 444 g/mol. The number of carbonyl (C=O) groups is 1. The Labute approximate surface area is 181 Å². The lowest BCUT2D eigenvalue weighted by molar-refractivity contribution is -0.123. The third-order valence-electron chi connectivity index (χ3n) is 5.49. The Morgan fingerprint density at radius 1 is 1.20 bits per heavy atom. The topological polar surface area (TPSA) is 70.6 Å². The molecule has 1 atom stereocenters. The van der Waals surface area contributed by atoms with E-state index in [1.54, 1.807) is 4.90 Å². The van der Waals surface area contributed by atoms with Gasteiger partial charge in [0.25, 0.3) is 0 Å². The van der Waals surface area contributed by atoms with Crippen LogP contribution in [0.4, 0.5) is 5.13 Å². The second-order valence-electron chi connectivity index (χ2n) is 7.79. The molecule has 0 aliphatic carbocycles. The van der Waals surface area contributed by atoms with Gasteiger partial charge in [-0.25, -0.2) is 17.7 Å². The van der Waals surface area contributed by atoms with Gasteiger partial charge in [0.15, 0.2) is 5.13 Å². The van der Waals surface area contributed by atoms with Crippen LogP contribution < -0.4 is 4.90 Å². The molecule has 1 amide bonds. The smallest absolute Gasteiger partial charge is 0.233 e. The Bertz CT molecular complexity index is 1160. The number of anilines is 1. The first kappa shape index (κ1) is 21.0. The van der Waals surface area contributed by atoms with Crippen molar-refractivity contribution < 1.29 is 13.2 Å². The molecule has 30 heavy (non-hydrogen) atoms. The van der Waals surface area contributed by atoms with Crippen molar-refractivity contribution in [2.75, 3.05) is 24.2 Å². The van der Waals surface area contributed by atoms with E-state index in [2.05, 4.69) is 0 Å². The second-order valence-corrected chi connectivity index (χ2v) is 10.8. The number of para-hydroxylation sites is 1. The fraction of sp³-hybridized carbons (Fsp3) is 0.364. The maximum atomic E-state index is 13.6. The van der Waals surface area contributed by atoms with Crippen LogP contribution in [0.3, 0.4) is 0 Å². The van der Waals surface area contributed by atoms with E-state index in [-0.39, 0.29) is 18.4 Å². The van der Waals surface area contributed by atoms with Crippen molar-refractivity contribution in [1.29, 1.82) is 0 Å². The number of sulfonamides is 1. The number of hydrogen-bond donors (Lipinski definition) is 0. The van der Waals surface area contributed by atoms with Crippen LogP contribution in [0.15, 0.2) is 48.5 Å². The second kappa shape index (κ2) is 8.45. The van der Waals surface area contributed by atoms with Gasteiger partial charge in [0, 0.05) is 13.1 Å². The molecule has 1 fully saturated rings. The maximum absolute atomic E-state index is 13.6. The van der Waals surface area contributed by atoms with Crippen LogP contribution in [0.5, 0.6) is 0 Å². The zero-order valence-electron chi connectivity index (χ0n) is 17.1. The van der Waals surface area contributed by atoms with Gasteiger partial charge in [-0.2, -0.15) is 0 Å². The number of aryl methyl sites for hydroxylation is 1. The SMILES string of the molecule is Cc1cccc2sc(N(Cc3ccccc3)C(=O)[C@H]3CCCN(S(C)(=O)=O)C3)nc12. The zero-order chi connectivity index (χ0) is 21.3. The summed E-state index contributed by atoms with van der Waals surface area (Å²) in [4.78, 5) is 20.1. The van der Waals surface area contributed by atoms with Crippen LogP contribution in [-0.2, 0) is 21.4 Å². The van der Waals surface area contributed by atoms with Gasteiger partial charge in [-0.15, -0.1) is 0 Å². The number of amides is 1. The van der Waals surface area contributed by atoms with E-state index in [1.807, 2.05) is 55.5 Å².